The van der Waals surface area contributed by atoms with Crippen molar-refractivity contribution in [2.75, 3.05) is 6.61 Å². The SMILES string of the molecule is CC(C)(C)[Si](OC[C@@H]1CC[C@H]2CC[C@@](Cc3ccccc3)(N=[N+]=[N-])C(=O)N21)(c1ccccc1)c1ccccc1. The number of rotatable bonds is 8. The molecule has 202 valence electrons. The molecule has 7 heteroatoms. The molecule has 0 aliphatic carbocycles. The Morgan fingerprint density at radius 2 is 1.49 bits per heavy atom. The van der Waals surface area contributed by atoms with Crippen molar-refractivity contribution in [3.63, 3.8) is 0 Å². The molecular formula is C32H38N4O2Si. The minimum atomic E-state index is -2.73. The Morgan fingerprint density at radius 3 is 2.03 bits per heavy atom. The monoisotopic (exact) mass is 538 g/mol. The average molecular weight is 539 g/mol. The van der Waals surface area contributed by atoms with Crippen molar-refractivity contribution in [2.45, 2.75) is 75.5 Å². The van der Waals surface area contributed by atoms with Crippen molar-refractivity contribution in [3.8, 4) is 0 Å². The summed E-state index contributed by atoms with van der Waals surface area (Å²) in [6, 6.07) is 31.2. The number of azide groups is 1. The largest absolute Gasteiger partial charge is 0.405 e. The molecule has 2 aliphatic rings. The first-order chi connectivity index (χ1) is 18.8. The van der Waals surface area contributed by atoms with Crippen LogP contribution in [0.15, 0.2) is 96.1 Å². The standard InChI is InChI=1S/C32H38N4O2Si/c1-31(2,3)39(28-15-9-5-10-16-28,29-17-11-6-12-18-29)38-24-27-20-19-26-21-22-32(34-35-33,30(37)36(26)27)23-25-13-7-4-8-14-25/h4-18,26-27H,19-24H2,1-3H3/t26-,27-,32-/m0/s1. The van der Waals surface area contributed by atoms with Gasteiger partial charge in [-0.1, -0.05) is 117 Å². The first-order valence-electron chi connectivity index (χ1n) is 14.0. The highest BCUT2D eigenvalue weighted by Gasteiger charge is 2.54. The zero-order valence-electron chi connectivity index (χ0n) is 23.2. The zero-order chi connectivity index (χ0) is 27.5. The summed E-state index contributed by atoms with van der Waals surface area (Å²) in [6.45, 7) is 7.28. The molecule has 2 heterocycles. The highest BCUT2D eigenvalue weighted by atomic mass is 28.4. The molecule has 6 nitrogen and oxygen atoms in total. The summed E-state index contributed by atoms with van der Waals surface area (Å²) < 4.78 is 7.24. The summed E-state index contributed by atoms with van der Waals surface area (Å²) in [6.07, 6.45) is 3.69. The van der Waals surface area contributed by atoms with Crippen LogP contribution in [-0.4, -0.2) is 43.4 Å². The van der Waals surface area contributed by atoms with Gasteiger partial charge in [-0.15, -0.1) is 0 Å². The first kappa shape index (κ1) is 27.2. The molecule has 2 aliphatic heterocycles. The second-order valence-corrected chi connectivity index (χ2v) is 16.3. The minimum absolute atomic E-state index is 0.0473. The van der Waals surface area contributed by atoms with E-state index >= 15 is 0 Å². The van der Waals surface area contributed by atoms with Gasteiger partial charge in [0.05, 0.1) is 12.6 Å². The number of nitrogens with zero attached hydrogens (tertiary/aromatic N) is 4. The van der Waals surface area contributed by atoms with E-state index in [4.69, 9.17) is 4.43 Å². The third-order valence-corrected chi connectivity index (χ3v) is 13.6. The number of amides is 1. The van der Waals surface area contributed by atoms with Crippen LogP contribution in [0.3, 0.4) is 0 Å². The number of carbonyl (C=O) groups is 1. The quantitative estimate of drug-likeness (QED) is 0.152. The van der Waals surface area contributed by atoms with E-state index in [2.05, 4.69) is 79.3 Å². The second kappa shape index (κ2) is 11.0. The fourth-order valence-electron chi connectivity index (χ4n) is 6.79. The zero-order valence-corrected chi connectivity index (χ0v) is 24.2. The van der Waals surface area contributed by atoms with Crippen molar-refractivity contribution in [2.24, 2.45) is 5.11 Å². The molecule has 3 aromatic carbocycles. The van der Waals surface area contributed by atoms with Gasteiger partial charge in [0.1, 0.15) is 5.54 Å². The number of fused-ring (bicyclic) bond motifs is 1. The summed E-state index contributed by atoms with van der Waals surface area (Å²) in [5, 5.41) is 6.51. The smallest absolute Gasteiger partial charge is 0.261 e. The Hall–Kier alpha value is -3.38. The Kier molecular flexibility index (Phi) is 7.67. The maximum atomic E-state index is 14.2. The van der Waals surface area contributed by atoms with Crippen molar-refractivity contribution in [1.29, 1.82) is 0 Å². The van der Waals surface area contributed by atoms with Gasteiger partial charge in [-0.05, 0) is 58.6 Å². The average Bonchev–Trinajstić information content (AvgIpc) is 3.36. The third-order valence-electron chi connectivity index (χ3n) is 8.63. The Bertz CT molecular complexity index is 1280. The van der Waals surface area contributed by atoms with Gasteiger partial charge in [-0.2, -0.15) is 0 Å². The lowest BCUT2D eigenvalue weighted by Gasteiger charge is -2.46. The Morgan fingerprint density at radius 1 is 0.923 bits per heavy atom. The molecule has 3 atom stereocenters. The second-order valence-electron chi connectivity index (χ2n) is 12.0. The van der Waals surface area contributed by atoms with Crippen molar-refractivity contribution in [3.05, 3.63) is 107 Å². The van der Waals surface area contributed by atoms with Crippen molar-refractivity contribution < 1.29 is 9.22 Å². The van der Waals surface area contributed by atoms with E-state index in [9.17, 15) is 10.3 Å². The summed E-state index contributed by atoms with van der Waals surface area (Å²) in [5.74, 6) is -0.0473. The molecular weight excluding hydrogens is 500 g/mol. The molecule has 2 fully saturated rings. The van der Waals surface area contributed by atoms with E-state index in [1.165, 1.54) is 10.4 Å². The van der Waals surface area contributed by atoms with Gasteiger partial charge in [0.2, 0.25) is 5.91 Å². The molecule has 0 bridgehead atoms. The maximum Gasteiger partial charge on any atom is 0.261 e. The molecule has 0 aromatic heterocycles. The van der Waals surface area contributed by atoms with Gasteiger partial charge in [-0.25, -0.2) is 0 Å². The number of carbonyl (C=O) groups excluding carboxylic acids is 1. The van der Waals surface area contributed by atoms with E-state index in [-0.39, 0.29) is 23.0 Å². The molecule has 3 aromatic rings. The summed E-state index contributed by atoms with van der Waals surface area (Å²) in [5.41, 5.74) is 9.43. The van der Waals surface area contributed by atoms with E-state index in [1.807, 2.05) is 47.4 Å². The summed E-state index contributed by atoms with van der Waals surface area (Å²) in [7, 11) is -2.73. The number of benzene rings is 3. The van der Waals surface area contributed by atoms with E-state index in [1.54, 1.807) is 0 Å². The van der Waals surface area contributed by atoms with Gasteiger partial charge in [0.25, 0.3) is 8.32 Å². The highest BCUT2D eigenvalue weighted by molar-refractivity contribution is 6.99. The number of hydrogen-bond donors (Lipinski definition) is 0. The number of piperidine rings is 1. The Labute approximate surface area is 232 Å². The Balaban J connectivity index is 1.48. The van der Waals surface area contributed by atoms with Crippen LogP contribution in [0.2, 0.25) is 5.04 Å². The van der Waals surface area contributed by atoms with Gasteiger partial charge in [0, 0.05) is 11.0 Å². The van der Waals surface area contributed by atoms with E-state index in [0.29, 0.717) is 19.4 Å². The number of hydrogen-bond acceptors (Lipinski definition) is 3. The lowest BCUT2D eigenvalue weighted by molar-refractivity contribution is -0.144. The van der Waals surface area contributed by atoms with Crippen molar-refractivity contribution >= 4 is 24.6 Å². The molecule has 0 unspecified atom stereocenters. The first-order valence-corrected chi connectivity index (χ1v) is 15.9. The summed E-state index contributed by atoms with van der Waals surface area (Å²) in [4.78, 5) is 19.4. The van der Waals surface area contributed by atoms with Crippen LogP contribution in [0.1, 0.15) is 52.0 Å². The van der Waals surface area contributed by atoms with Gasteiger partial charge < -0.3 is 9.33 Å². The molecule has 0 spiro atoms. The van der Waals surface area contributed by atoms with Crippen LogP contribution in [0, 0.1) is 0 Å². The fraction of sp³-hybridized carbons (Fsp3) is 0.406. The topological polar surface area (TPSA) is 78.3 Å². The van der Waals surface area contributed by atoms with Crippen LogP contribution >= 0.6 is 0 Å². The third kappa shape index (κ3) is 5.02. The molecule has 0 N–H and O–H groups in total. The van der Waals surface area contributed by atoms with Gasteiger partial charge in [-0.3, -0.25) is 4.79 Å². The van der Waals surface area contributed by atoms with Crippen LogP contribution < -0.4 is 10.4 Å². The maximum absolute atomic E-state index is 14.2. The predicted molar refractivity (Wildman–Crippen MR) is 158 cm³/mol. The van der Waals surface area contributed by atoms with Gasteiger partial charge in [0.15, 0.2) is 0 Å². The molecule has 2 saturated heterocycles. The fourth-order valence-corrected chi connectivity index (χ4v) is 11.4. The molecule has 1 amide bonds. The van der Waals surface area contributed by atoms with Crippen LogP contribution in [0.5, 0.6) is 0 Å². The van der Waals surface area contributed by atoms with Crippen molar-refractivity contribution in [1.82, 2.24) is 4.90 Å². The lowest BCUT2D eigenvalue weighted by atomic mass is 9.81. The highest BCUT2D eigenvalue weighted by Crippen LogP contribution is 2.42. The predicted octanol–water partition coefficient (Wildman–Crippen LogP) is 6.01. The molecule has 0 saturated carbocycles. The normalized spacial score (nSPS) is 23.3. The minimum Gasteiger partial charge on any atom is -0.405 e. The molecule has 5 rings (SSSR count). The molecule has 0 radical (unpaired) electrons. The molecule has 39 heavy (non-hydrogen) atoms. The van der Waals surface area contributed by atoms with Crippen LogP contribution in [0.4, 0.5) is 0 Å². The van der Waals surface area contributed by atoms with E-state index in [0.717, 1.165) is 24.8 Å². The van der Waals surface area contributed by atoms with Crippen LogP contribution in [0.25, 0.3) is 10.4 Å². The summed E-state index contributed by atoms with van der Waals surface area (Å²) >= 11 is 0. The van der Waals surface area contributed by atoms with Crippen LogP contribution in [-0.2, 0) is 15.6 Å². The lowest BCUT2D eigenvalue weighted by Crippen LogP contribution is -2.67. The van der Waals surface area contributed by atoms with E-state index < -0.39 is 13.9 Å². The van der Waals surface area contributed by atoms with Gasteiger partial charge >= 0.3 is 0 Å².